The summed E-state index contributed by atoms with van der Waals surface area (Å²) < 4.78 is 11.2. The van der Waals surface area contributed by atoms with Gasteiger partial charge in [-0.1, -0.05) is 97.8 Å². The highest BCUT2D eigenvalue weighted by Crippen LogP contribution is 2.16. The molecule has 0 aliphatic carbocycles. The molecule has 0 bridgehead atoms. The van der Waals surface area contributed by atoms with Crippen LogP contribution in [0.25, 0.3) is 0 Å². The molecule has 0 heterocycles. The second-order valence-corrected chi connectivity index (χ2v) is 13.4. The van der Waals surface area contributed by atoms with E-state index >= 15 is 0 Å². The summed E-state index contributed by atoms with van der Waals surface area (Å²) >= 11 is 5.36. The van der Waals surface area contributed by atoms with Crippen molar-refractivity contribution in [1.29, 1.82) is 0 Å². The molecule has 7 nitrogen and oxygen atoms in total. The van der Waals surface area contributed by atoms with Crippen LogP contribution in [0.3, 0.4) is 0 Å². The smallest absolute Gasteiger partial charge is 0.306 e. The molecule has 1 N–H and O–H groups in total. The normalized spacial score (nSPS) is 11.9. The molecule has 0 saturated carbocycles. The third-order valence-corrected chi connectivity index (χ3v) is 8.87. The molecule has 1 atom stereocenters. The van der Waals surface area contributed by atoms with Gasteiger partial charge in [-0.2, -0.15) is 0 Å². The van der Waals surface area contributed by atoms with Gasteiger partial charge in [0, 0.05) is 33.5 Å². The summed E-state index contributed by atoms with van der Waals surface area (Å²) in [7, 11) is 3.94. The first-order valence-electron chi connectivity index (χ1n) is 18.9. The molecule has 0 aromatic heterocycles. The number of ether oxygens (including phenoxy) is 2. The standard InChI is InChI=1S/C37H73N3O4S/c1-6-9-18-26-34(25-11-8-3)44-36(42)28-20-15-13-17-22-31-40(32-24-29-38-37(45)39(4)5)30-21-16-12-14-19-27-35(41)43-33-23-10-7-2/h34H,6-33H2,1-5H3,(H,38,45). The van der Waals surface area contributed by atoms with E-state index in [1.54, 1.807) is 0 Å². The number of hydrogen-bond acceptors (Lipinski definition) is 6. The second-order valence-electron chi connectivity index (χ2n) is 13.0. The van der Waals surface area contributed by atoms with Crippen LogP contribution in [0.1, 0.15) is 168 Å². The van der Waals surface area contributed by atoms with E-state index in [0.717, 1.165) is 115 Å². The Morgan fingerprint density at radius 3 is 1.73 bits per heavy atom. The Bertz CT molecular complexity index is 707. The van der Waals surface area contributed by atoms with E-state index in [-0.39, 0.29) is 18.0 Å². The SMILES string of the molecule is CCCCCOC(=O)CCCCCCCN(CCCCCCCC(=O)OC(CCCC)CCCCC)CCCNC(=S)N(C)C. The summed E-state index contributed by atoms with van der Waals surface area (Å²) in [5.74, 6) is -0.0307. The van der Waals surface area contributed by atoms with Gasteiger partial charge in [0.05, 0.1) is 6.61 Å². The van der Waals surface area contributed by atoms with Gasteiger partial charge in [-0.3, -0.25) is 9.59 Å². The van der Waals surface area contributed by atoms with Gasteiger partial charge >= 0.3 is 11.9 Å². The number of rotatable bonds is 32. The average molecular weight is 656 g/mol. The lowest BCUT2D eigenvalue weighted by atomic mass is 10.1. The van der Waals surface area contributed by atoms with Crippen LogP contribution in [0, 0.1) is 0 Å². The monoisotopic (exact) mass is 656 g/mol. The average Bonchev–Trinajstić information content (AvgIpc) is 3.02. The van der Waals surface area contributed by atoms with Crippen LogP contribution in [0.4, 0.5) is 0 Å². The minimum Gasteiger partial charge on any atom is -0.466 e. The molecule has 0 radical (unpaired) electrons. The van der Waals surface area contributed by atoms with E-state index in [0.29, 0.717) is 19.4 Å². The molecular weight excluding hydrogens is 582 g/mol. The van der Waals surface area contributed by atoms with Crippen molar-refractivity contribution in [1.82, 2.24) is 15.1 Å². The molecule has 1 unspecified atom stereocenters. The van der Waals surface area contributed by atoms with Crippen molar-refractivity contribution in [2.24, 2.45) is 0 Å². The molecule has 0 rings (SSSR count). The maximum Gasteiger partial charge on any atom is 0.306 e. The third-order valence-electron chi connectivity index (χ3n) is 8.36. The van der Waals surface area contributed by atoms with Crippen molar-refractivity contribution in [2.75, 3.05) is 46.9 Å². The number of hydrogen-bond donors (Lipinski definition) is 1. The molecule has 0 amide bonds. The van der Waals surface area contributed by atoms with E-state index in [1.165, 1.54) is 51.4 Å². The summed E-state index contributed by atoms with van der Waals surface area (Å²) in [6.07, 6.45) is 24.7. The van der Waals surface area contributed by atoms with E-state index < -0.39 is 0 Å². The number of unbranched alkanes of at least 4 members (excludes halogenated alkanes) is 13. The summed E-state index contributed by atoms with van der Waals surface area (Å²) in [4.78, 5) is 28.8. The van der Waals surface area contributed by atoms with Crippen molar-refractivity contribution < 1.29 is 19.1 Å². The van der Waals surface area contributed by atoms with E-state index in [9.17, 15) is 9.59 Å². The summed E-state index contributed by atoms with van der Waals surface area (Å²) in [5.41, 5.74) is 0. The van der Waals surface area contributed by atoms with Gasteiger partial charge in [-0.25, -0.2) is 0 Å². The fraction of sp³-hybridized carbons (Fsp3) is 0.919. The summed E-state index contributed by atoms with van der Waals surface area (Å²) in [6, 6.07) is 0. The van der Waals surface area contributed by atoms with E-state index in [2.05, 4.69) is 31.0 Å². The van der Waals surface area contributed by atoms with Crippen LogP contribution in [-0.2, 0) is 19.1 Å². The van der Waals surface area contributed by atoms with Gasteiger partial charge in [0.25, 0.3) is 0 Å². The quantitative estimate of drug-likeness (QED) is 0.0437. The first-order valence-corrected chi connectivity index (χ1v) is 19.3. The van der Waals surface area contributed by atoms with E-state index in [1.807, 2.05) is 19.0 Å². The molecule has 45 heavy (non-hydrogen) atoms. The lowest BCUT2D eigenvalue weighted by Gasteiger charge is -2.23. The molecule has 8 heteroatoms. The molecule has 266 valence electrons. The first-order chi connectivity index (χ1) is 21.8. The van der Waals surface area contributed by atoms with Gasteiger partial charge in [-0.15, -0.1) is 0 Å². The van der Waals surface area contributed by atoms with Crippen molar-refractivity contribution in [3.8, 4) is 0 Å². The minimum absolute atomic E-state index is 0.00322. The number of nitrogens with zero attached hydrogens (tertiary/aromatic N) is 2. The Labute approximate surface area is 284 Å². The predicted molar refractivity (Wildman–Crippen MR) is 195 cm³/mol. The van der Waals surface area contributed by atoms with Gasteiger partial charge in [0.15, 0.2) is 5.11 Å². The zero-order valence-corrected chi connectivity index (χ0v) is 31.1. The lowest BCUT2D eigenvalue weighted by molar-refractivity contribution is -0.150. The summed E-state index contributed by atoms with van der Waals surface area (Å²) in [6.45, 7) is 11.4. The maximum absolute atomic E-state index is 12.4. The number of nitrogens with one attached hydrogen (secondary N) is 1. The fourth-order valence-corrected chi connectivity index (χ4v) is 5.53. The predicted octanol–water partition coefficient (Wildman–Crippen LogP) is 9.21. The number of esters is 2. The molecular formula is C37H73N3O4S. The van der Waals surface area contributed by atoms with Crippen LogP contribution in [0.2, 0.25) is 0 Å². The zero-order chi connectivity index (χ0) is 33.4. The zero-order valence-electron chi connectivity index (χ0n) is 30.3. The van der Waals surface area contributed by atoms with Crippen molar-refractivity contribution in [3.05, 3.63) is 0 Å². The van der Waals surface area contributed by atoms with Crippen LogP contribution in [0.15, 0.2) is 0 Å². The van der Waals surface area contributed by atoms with E-state index in [4.69, 9.17) is 21.7 Å². The van der Waals surface area contributed by atoms with Crippen LogP contribution in [-0.4, -0.2) is 79.8 Å². The van der Waals surface area contributed by atoms with Gasteiger partial charge in [0.2, 0.25) is 0 Å². The molecule has 0 saturated heterocycles. The molecule has 0 aromatic carbocycles. The number of carbonyl (C=O) groups is 2. The number of thiocarbonyl (C=S) groups is 1. The van der Waals surface area contributed by atoms with Gasteiger partial charge < -0.3 is 24.6 Å². The lowest BCUT2D eigenvalue weighted by Crippen LogP contribution is -2.36. The Morgan fingerprint density at radius 1 is 0.622 bits per heavy atom. The van der Waals surface area contributed by atoms with Crippen LogP contribution >= 0.6 is 12.2 Å². The fourth-order valence-electron chi connectivity index (χ4n) is 5.43. The summed E-state index contributed by atoms with van der Waals surface area (Å²) in [5, 5.41) is 4.14. The highest BCUT2D eigenvalue weighted by molar-refractivity contribution is 7.80. The molecule has 0 fully saturated rings. The minimum atomic E-state index is -0.0339. The molecule has 0 aliphatic rings. The largest absolute Gasteiger partial charge is 0.466 e. The van der Waals surface area contributed by atoms with Crippen LogP contribution < -0.4 is 5.32 Å². The third kappa shape index (κ3) is 29.7. The Hall–Kier alpha value is -1.41. The maximum atomic E-state index is 12.4. The Morgan fingerprint density at radius 2 is 1.13 bits per heavy atom. The Kier molecular flexibility index (Phi) is 31.5. The van der Waals surface area contributed by atoms with Crippen molar-refractivity contribution in [3.63, 3.8) is 0 Å². The topological polar surface area (TPSA) is 71.1 Å². The van der Waals surface area contributed by atoms with Crippen molar-refractivity contribution >= 4 is 29.3 Å². The van der Waals surface area contributed by atoms with Gasteiger partial charge in [-0.05, 0) is 89.6 Å². The first kappa shape index (κ1) is 43.6. The highest BCUT2D eigenvalue weighted by atomic mass is 32.1. The highest BCUT2D eigenvalue weighted by Gasteiger charge is 2.14. The van der Waals surface area contributed by atoms with Crippen molar-refractivity contribution in [2.45, 2.75) is 175 Å². The molecule has 0 spiro atoms. The van der Waals surface area contributed by atoms with Crippen LogP contribution in [0.5, 0.6) is 0 Å². The van der Waals surface area contributed by atoms with Gasteiger partial charge in [0.1, 0.15) is 6.10 Å². The second kappa shape index (κ2) is 32.5. The molecule has 0 aromatic rings. The molecule has 0 aliphatic heterocycles. The Balaban J connectivity index is 4.24. The number of carbonyl (C=O) groups excluding carboxylic acids is 2.